The van der Waals surface area contributed by atoms with Crippen molar-refractivity contribution in [3.8, 4) is 17.6 Å². The first kappa shape index (κ1) is 22.0. The lowest BCUT2D eigenvalue weighted by molar-refractivity contribution is -0.274. The van der Waals surface area contributed by atoms with Crippen LogP contribution in [-0.4, -0.2) is 6.36 Å². The van der Waals surface area contributed by atoms with Gasteiger partial charge in [-0.3, -0.25) is 0 Å². The van der Waals surface area contributed by atoms with Crippen molar-refractivity contribution in [3.05, 3.63) is 77.9 Å². The first-order valence-corrected chi connectivity index (χ1v) is 10.5. The molecule has 1 nitrogen and oxygen atoms in total. The number of alkyl halides is 3. The van der Waals surface area contributed by atoms with Gasteiger partial charge in [0.1, 0.15) is 5.75 Å². The van der Waals surface area contributed by atoms with Crippen molar-refractivity contribution in [2.24, 2.45) is 5.92 Å². The zero-order chi connectivity index (χ0) is 21.6. The minimum Gasteiger partial charge on any atom is -0.406 e. The number of halogens is 3. The van der Waals surface area contributed by atoms with Crippen LogP contribution in [-0.2, 0) is 0 Å². The van der Waals surface area contributed by atoms with Crippen LogP contribution in [0.5, 0.6) is 5.75 Å². The third kappa shape index (κ3) is 6.16. The molecule has 0 radical (unpaired) electrons. The van der Waals surface area contributed by atoms with Crippen LogP contribution in [0.4, 0.5) is 13.2 Å². The van der Waals surface area contributed by atoms with Crippen LogP contribution in [0.1, 0.15) is 67.6 Å². The normalized spacial score (nSPS) is 20.0. The molecule has 0 aliphatic heterocycles. The third-order valence-corrected chi connectivity index (χ3v) is 5.80. The first-order chi connectivity index (χ1) is 14.4. The van der Waals surface area contributed by atoms with E-state index in [4.69, 9.17) is 0 Å². The van der Waals surface area contributed by atoms with E-state index in [1.165, 1.54) is 17.7 Å². The van der Waals surface area contributed by atoms with Gasteiger partial charge >= 0.3 is 6.36 Å². The van der Waals surface area contributed by atoms with Crippen molar-refractivity contribution in [1.29, 1.82) is 0 Å². The molecule has 0 saturated heterocycles. The molecular weight excluding hydrogens is 385 g/mol. The molecule has 1 fully saturated rings. The van der Waals surface area contributed by atoms with E-state index < -0.39 is 6.36 Å². The molecular formula is C26H27F3O. The molecule has 4 heteroatoms. The van der Waals surface area contributed by atoms with Crippen molar-refractivity contribution < 1.29 is 17.9 Å². The van der Waals surface area contributed by atoms with Crippen molar-refractivity contribution in [3.63, 3.8) is 0 Å². The minimum absolute atomic E-state index is 0.171. The second-order valence-electron chi connectivity index (χ2n) is 7.81. The number of hydrogen-bond acceptors (Lipinski definition) is 1. The molecule has 158 valence electrons. The van der Waals surface area contributed by atoms with Crippen LogP contribution in [0, 0.1) is 17.8 Å². The highest BCUT2D eigenvalue weighted by Crippen LogP contribution is 2.36. The Hall–Kier alpha value is -2.67. The number of benzene rings is 2. The molecule has 0 spiro atoms. The Kier molecular flexibility index (Phi) is 7.26. The summed E-state index contributed by atoms with van der Waals surface area (Å²) in [5.41, 5.74) is 3.37. The molecule has 2 aromatic rings. The van der Waals surface area contributed by atoms with Crippen LogP contribution in [0.2, 0.25) is 0 Å². The Morgan fingerprint density at radius 3 is 2.20 bits per heavy atom. The molecule has 3 rings (SSSR count). The summed E-state index contributed by atoms with van der Waals surface area (Å²) in [6, 6.07) is 14.7. The molecule has 0 N–H and O–H groups in total. The fraction of sp³-hybridized carbons (Fsp3) is 0.385. The molecule has 30 heavy (non-hydrogen) atoms. The predicted molar refractivity (Wildman–Crippen MR) is 114 cm³/mol. The Morgan fingerprint density at radius 1 is 1.03 bits per heavy atom. The summed E-state index contributed by atoms with van der Waals surface area (Å²) in [5.74, 6) is 7.66. The second kappa shape index (κ2) is 9.89. The lowest BCUT2D eigenvalue weighted by Crippen LogP contribution is -2.17. The SMILES string of the molecule is C=CC(CC)c1ccc(C#CC2CCC(c3ccc(OC(F)(F)F)cc3)CC2)cc1. The lowest BCUT2D eigenvalue weighted by Gasteiger charge is -2.26. The molecule has 0 aromatic heterocycles. The van der Waals surface area contributed by atoms with Crippen molar-refractivity contribution in [2.45, 2.75) is 57.2 Å². The molecule has 0 bridgehead atoms. The smallest absolute Gasteiger partial charge is 0.406 e. The Bertz CT molecular complexity index is 877. The van der Waals surface area contributed by atoms with Gasteiger partial charge in [0.2, 0.25) is 0 Å². The molecule has 1 aliphatic carbocycles. The summed E-state index contributed by atoms with van der Waals surface area (Å²) < 4.78 is 40.8. The maximum absolute atomic E-state index is 12.3. The van der Waals surface area contributed by atoms with Gasteiger partial charge < -0.3 is 4.74 Å². The largest absolute Gasteiger partial charge is 0.573 e. The molecule has 1 saturated carbocycles. The summed E-state index contributed by atoms with van der Waals surface area (Å²) in [5, 5.41) is 0. The topological polar surface area (TPSA) is 9.23 Å². The van der Waals surface area contributed by atoms with Gasteiger partial charge in [-0.25, -0.2) is 0 Å². The van der Waals surface area contributed by atoms with Gasteiger partial charge in [0.25, 0.3) is 0 Å². The molecule has 2 aromatic carbocycles. The van der Waals surface area contributed by atoms with Crippen LogP contribution >= 0.6 is 0 Å². The molecule has 1 aliphatic rings. The summed E-state index contributed by atoms with van der Waals surface area (Å²) in [4.78, 5) is 0. The van der Waals surface area contributed by atoms with Crippen molar-refractivity contribution >= 4 is 0 Å². The van der Waals surface area contributed by atoms with E-state index in [9.17, 15) is 13.2 Å². The maximum atomic E-state index is 12.3. The summed E-state index contributed by atoms with van der Waals surface area (Å²) in [6.07, 6.45) is 2.37. The van der Waals surface area contributed by atoms with E-state index in [1.807, 2.05) is 6.08 Å². The van der Waals surface area contributed by atoms with Crippen LogP contribution in [0.25, 0.3) is 0 Å². The van der Waals surface area contributed by atoms with E-state index in [0.29, 0.717) is 17.8 Å². The number of allylic oxidation sites excluding steroid dienone is 1. The van der Waals surface area contributed by atoms with Gasteiger partial charge in [-0.2, -0.15) is 0 Å². The fourth-order valence-electron chi connectivity index (χ4n) is 4.05. The average molecular weight is 412 g/mol. The van der Waals surface area contributed by atoms with E-state index in [0.717, 1.165) is 43.2 Å². The Morgan fingerprint density at radius 2 is 1.67 bits per heavy atom. The Labute approximate surface area is 177 Å². The summed E-state index contributed by atoms with van der Waals surface area (Å²) >= 11 is 0. The lowest BCUT2D eigenvalue weighted by atomic mass is 9.79. The maximum Gasteiger partial charge on any atom is 0.573 e. The molecule has 0 heterocycles. The molecule has 0 amide bonds. The highest BCUT2D eigenvalue weighted by atomic mass is 19.4. The Balaban J connectivity index is 1.53. The van der Waals surface area contributed by atoms with E-state index in [1.54, 1.807) is 12.1 Å². The third-order valence-electron chi connectivity index (χ3n) is 5.80. The predicted octanol–water partition coefficient (Wildman–Crippen LogP) is 7.59. The summed E-state index contributed by atoms with van der Waals surface area (Å²) in [7, 11) is 0. The zero-order valence-corrected chi connectivity index (χ0v) is 17.2. The van der Waals surface area contributed by atoms with Crippen LogP contribution < -0.4 is 4.74 Å². The monoisotopic (exact) mass is 412 g/mol. The molecule has 1 atom stereocenters. The summed E-state index contributed by atoms with van der Waals surface area (Å²) in [6.45, 7) is 6.05. The van der Waals surface area contributed by atoms with E-state index in [2.05, 4.69) is 54.3 Å². The van der Waals surface area contributed by atoms with Crippen molar-refractivity contribution in [1.82, 2.24) is 0 Å². The standard InChI is InChI=1S/C26H27F3O/c1-3-21(4-2)22-11-7-19(8-12-22)5-6-20-9-13-23(14-10-20)24-15-17-25(18-16-24)30-26(27,28)29/h3,7-8,11-12,15-18,20-21,23H,1,4,9-10,13-14H2,2H3. The van der Waals surface area contributed by atoms with Gasteiger partial charge in [0.05, 0.1) is 0 Å². The average Bonchev–Trinajstić information content (AvgIpc) is 2.74. The van der Waals surface area contributed by atoms with E-state index in [-0.39, 0.29) is 5.75 Å². The number of hydrogen-bond donors (Lipinski definition) is 0. The van der Waals surface area contributed by atoms with Crippen LogP contribution in [0.15, 0.2) is 61.2 Å². The minimum atomic E-state index is -4.65. The highest BCUT2D eigenvalue weighted by Gasteiger charge is 2.31. The second-order valence-corrected chi connectivity index (χ2v) is 7.81. The van der Waals surface area contributed by atoms with Crippen LogP contribution in [0.3, 0.4) is 0 Å². The first-order valence-electron chi connectivity index (χ1n) is 10.5. The number of rotatable bonds is 5. The zero-order valence-electron chi connectivity index (χ0n) is 17.2. The molecule has 1 unspecified atom stereocenters. The van der Waals surface area contributed by atoms with Gasteiger partial charge in [0, 0.05) is 17.4 Å². The fourth-order valence-corrected chi connectivity index (χ4v) is 4.05. The van der Waals surface area contributed by atoms with E-state index >= 15 is 0 Å². The van der Waals surface area contributed by atoms with Gasteiger partial charge in [-0.05, 0) is 73.4 Å². The van der Waals surface area contributed by atoms with Crippen molar-refractivity contribution in [2.75, 3.05) is 0 Å². The quantitative estimate of drug-likeness (QED) is 0.363. The van der Waals surface area contributed by atoms with Gasteiger partial charge in [-0.15, -0.1) is 19.8 Å². The van der Waals surface area contributed by atoms with Gasteiger partial charge in [0.15, 0.2) is 0 Å². The highest BCUT2D eigenvalue weighted by molar-refractivity contribution is 5.38. The number of ether oxygens (including phenoxy) is 1. The van der Waals surface area contributed by atoms with Gasteiger partial charge in [-0.1, -0.05) is 49.1 Å².